The van der Waals surface area contributed by atoms with E-state index < -0.39 is 0 Å². The molecule has 0 aromatic rings. The second kappa shape index (κ2) is 2.68. The minimum atomic E-state index is 0.448. The summed E-state index contributed by atoms with van der Waals surface area (Å²) >= 11 is 0. The third kappa shape index (κ3) is 1.16. The van der Waals surface area contributed by atoms with Crippen LogP contribution in [0.5, 0.6) is 0 Å². The van der Waals surface area contributed by atoms with Crippen molar-refractivity contribution in [1.82, 2.24) is 0 Å². The Hall–Kier alpha value is -0.630. The van der Waals surface area contributed by atoms with E-state index in [1.165, 1.54) is 24.8 Å². The molecule has 13 heavy (non-hydrogen) atoms. The summed E-state index contributed by atoms with van der Waals surface area (Å²) in [6.07, 6.45) is 6.38. The van der Waals surface area contributed by atoms with Gasteiger partial charge in [-0.3, -0.25) is 4.79 Å². The van der Waals surface area contributed by atoms with Crippen LogP contribution < -0.4 is 0 Å². The third-order valence-electron chi connectivity index (χ3n) is 3.71. The first-order valence-corrected chi connectivity index (χ1v) is 5.18. The highest BCUT2D eigenvalue weighted by molar-refractivity contribution is 5.77. The van der Waals surface area contributed by atoms with Gasteiger partial charge in [-0.2, -0.15) is 0 Å². The Morgan fingerprint density at radius 1 is 1.38 bits per heavy atom. The van der Waals surface area contributed by atoms with E-state index in [1.54, 1.807) is 0 Å². The lowest BCUT2D eigenvalue weighted by molar-refractivity contribution is -0.105. The Bertz CT molecular complexity index is 276. The zero-order valence-electron chi connectivity index (χ0n) is 7.66. The van der Waals surface area contributed by atoms with Gasteiger partial charge in [-0.05, 0) is 43.1 Å². The first-order chi connectivity index (χ1) is 6.38. The van der Waals surface area contributed by atoms with Crippen LogP contribution >= 0.6 is 0 Å². The van der Waals surface area contributed by atoms with E-state index >= 15 is 0 Å². The largest absolute Gasteiger partial charge is 0.373 e. The van der Waals surface area contributed by atoms with Gasteiger partial charge in [0.25, 0.3) is 0 Å². The highest BCUT2D eigenvalue weighted by atomic mass is 16.6. The number of rotatable bonds is 3. The average Bonchev–Trinajstić information content (AvgIpc) is 2.75. The summed E-state index contributed by atoms with van der Waals surface area (Å²) in [4.78, 5) is 10.9. The molecule has 0 spiro atoms. The fourth-order valence-electron chi connectivity index (χ4n) is 2.97. The average molecular weight is 178 g/mol. The molecule has 2 heteroatoms. The van der Waals surface area contributed by atoms with Crippen molar-refractivity contribution in [3.05, 3.63) is 11.1 Å². The van der Waals surface area contributed by atoms with E-state index in [1.807, 2.05) is 0 Å². The van der Waals surface area contributed by atoms with Crippen LogP contribution in [-0.4, -0.2) is 19.0 Å². The molecular formula is C11H14O2. The van der Waals surface area contributed by atoms with Crippen molar-refractivity contribution in [3.63, 3.8) is 0 Å². The molecule has 1 heterocycles. The molecule has 0 radical (unpaired) electrons. The van der Waals surface area contributed by atoms with Crippen molar-refractivity contribution in [1.29, 1.82) is 0 Å². The van der Waals surface area contributed by atoms with Gasteiger partial charge in [-0.15, -0.1) is 0 Å². The highest BCUT2D eigenvalue weighted by Gasteiger charge is 2.40. The number of allylic oxidation sites excluding steroid dienone is 1. The van der Waals surface area contributed by atoms with Gasteiger partial charge in [-0.25, -0.2) is 0 Å². The second-order valence-electron chi connectivity index (χ2n) is 4.46. The SMILES string of the molecule is O=CC1=C(CC2CO2)C2CCC1C2. The molecule has 3 atom stereocenters. The minimum absolute atomic E-state index is 0.448. The van der Waals surface area contributed by atoms with Crippen LogP contribution in [0.15, 0.2) is 11.1 Å². The van der Waals surface area contributed by atoms with E-state index in [0.717, 1.165) is 30.8 Å². The van der Waals surface area contributed by atoms with Crippen LogP contribution in [0.1, 0.15) is 25.7 Å². The predicted octanol–water partition coefficient (Wildman–Crippen LogP) is 1.70. The molecule has 2 nitrogen and oxygen atoms in total. The van der Waals surface area contributed by atoms with E-state index in [2.05, 4.69) is 0 Å². The predicted molar refractivity (Wildman–Crippen MR) is 48.3 cm³/mol. The lowest BCUT2D eigenvalue weighted by Crippen LogP contribution is -2.06. The number of carbonyl (C=O) groups excluding carboxylic acids is 1. The summed E-state index contributed by atoms with van der Waals surface area (Å²) in [6.45, 7) is 0.910. The van der Waals surface area contributed by atoms with Gasteiger partial charge >= 0.3 is 0 Å². The molecule has 1 saturated heterocycles. The summed E-state index contributed by atoms with van der Waals surface area (Å²) in [5, 5.41) is 0. The van der Waals surface area contributed by atoms with Crippen LogP contribution in [0, 0.1) is 11.8 Å². The van der Waals surface area contributed by atoms with Crippen LogP contribution in [0.3, 0.4) is 0 Å². The molecule has 1 saturated carbocycles. The van der Waals surface area contributed by atoms with Crippen molar-refractivity contribution in [2.45, 2.75) is 31.8 Å². The van der Waals surface area contributed by atoms with Gasteiger partial charge in [-0.1, -0.05) is 5.57 Å². The van der Waals surface area contributed by atoms with Gasteiger partial charge in [0.15, 0.2) is 0 Å². The van der Waals surface area contributed by atoms with Gasteiger partial charge in [0, 0.05) is 0 Å². The molecule has 2 bridgehead atoms. The molecule has 1 aliphatic heterocycles. The van der Waals surface area contributed by atoms with Crippen molar-refractivity contribution in [2.24, 2.45) is 11.8 Å². The normalized spacial score (nSPS) is 41.4. The minimum Gasteiger partial charge on any atom is -0.373 e. The maximum atomic E-state index is 10.9. The molecule has 0 aromatic carbocycles. The summed E-state index contributed by atoms with van der Waals surface area (Å²) in [6, 6.07) is 0. The molecular weight excluding hydrogens is 164 g/mol. The van der Waals surface area contributed by atoms with Crippen molar-refractivity contribution >= 4 is 6.29 Å². The van der Waals surface area contributed by atoms with Crippen molar-refractivity contribution in [2.75, 3.05) is 6.61 Å². The quantitative estimate of drug-likeness (QED) is 0.486. The zero-order valence-corrected chi connectivity index (χ0v) is 7.66. The number of fused-ring (bicyclic) bond motifs is 2. The first kappa shape index (κ1) is 7.74. The molecule has 0 amide bonds. The first-order valence-electron chi connectivity index (χ1n) is 5.18. The molecule has 0 aromatic heterocycles. The summed E-state index contributed by atoms with van der Waals surface area (Å²) in [5.74, 6) is 1.34. The van der Waals surface area contributed by atoms with Crippen LogP contribution in [0.4, 0.5) is 0 Å². The Morgan fingerprint density at radius 2 is 2.15 bits per heavy atom. The van der Waals surface area contributed by atoms with Gasteiger partial charge in [0.1, 0.15) is 6.29 Å². The standard InChI is InChI=1S/C11H14O2/c12-5-11-8-2-1-7(3-8)10(11)4-9-6-13-9/h5,7-9H,1-4,6H2. The van der Waals surface area contributed by atoms with E-state index in [0.29, 0.717) is 12.0 Å². The number of hydrogen-bond acceptors (Lipinski definition) is 2. The Morgan fingerprint density at radius 3 is 2.85 bits per heavy atom. The number of aldehydes is 1. The van der Waals surface area contributed by atoms with Crippen LogP contribution in [0.2, 0.25) is 0 Å². The smallest absolute Gasteiger partial charge is 0.146 e. The Labute approximate surface area is 78.0 Å². The summed E-state index contributed by atoms with van der Waals surface area (Å²) in [7, 11) is 0. The lowest BCUT2D eigenvalue weighted by atomic mass is 9.90. The molecule has 3 rings (SSSR count). The molecule has 3 aliphatic rings. The maximum absolute atomic E-state index is 10.9. The Kier molecular flexibility index (Phi) is 1.59. The van der Waals surface area contributed by atoms with Gasteiger partial charge < -0.3 is 4.74 Å². The van der Waals surface area contributed by atoms with Gasteiger partial charge in [0.05, 0.1) is 12.7 Å². The number of hydrogen-bond donors (Lipinski definition) is 0. The molecule has 70 valence electrons. The molecule has 2 fully saturated rings. The van der Waals surface area contributed by atoms with Gasteiger partial charge in [0.2, 0.25) is 0 Å². The molecule has 0 N–H and O–H groups in total. The van der Waals surface area contributed by atoms with E-state index in [4.69, 9.17) is 4.74 Å². The number of ether oxygens (including phenoxy) is 1. The molecule has 3 unspecified atom stereocenters. The van der Waals surface area contributed by atoms with Crippen LogP contribution in [-0.2, 0) is 9.53 Å². The number of epoxide rings is 1. The van der Waals surface area contributed by atoms with Crippen molar-refractivity contribution < 1.29 is 9.53 Å². The second-order valence-corrected chi connectivity index (χ2v) is 4.46. The number of carbonyl (C=O) groups is 1. The Balaban J connectivity index is 1.86. The monoisotopic (exact) mass is 178 g/mol. The fourth-order valence-corrected chi connectivity index (χ4v) is 2.97. The lowest BCUT2D eigenvalue weighted by Gasteiger charge is -2.15. The van der Waals surface area contributed by atoms with E-state index in [-0.39, 0.29) is 0 Å². The third-order valence-corrected chi connectivity index (χ3v) is 3.71. The summed E-state index contributed by atoms with van der Waals surface area (Å²) < 4.78 is 5.22. The molecule has 2 aliphatic carbocycles. The van der Waals surface area contributed by atoms with Crippen LogP contribution in [0.25, 0.3) is 0 Å². The topological polar surface area (TPSA) is 29.6 Å². The maximum Gasteiger partial charge on any atom is 0.146 e. The highest BCUT2D eigenvalue weighted by Crippen LogP contribution is 2.49. The van der Waals surface area contributed by atoms with E-state index in [9.17, 15) is 4.79 Å². The fraction of sp³-hybridized carbons (Fsp3) is 0.727. The zero-order chi connectivity index (χ0) is 8.84. The summed E-state index contributed by atoms with van der Waals surface area (Å²) in [5.41, 5.74) is 2.57. The van der Waals surface area contributed by atoms with Crippen molar-refractivity contribution in [3.8, 4) is 0 Å².